The van der Waals surface area contributed by atoms with E-state index in [2.05, 4.69) is 72.5 Å². The van der Waals surface area contributed by atoms with Gasteiger partial charge in [0.25, 0.3) is 0 Å². The molecule has 64 heavy (non-hydrogen) atoms. The first-order chi connectivity index (χ1) is 31.4. The molecule has 0 saturated carbocycles. The summed E-state index contributed by atoms with van der Waals surface area (Å²) in [6.45, 7) is 8.05. The number of anilines is 1. The number of guanidine groups is 1. The number of nitrogen functional groups attached to an aromatic ring is 1. The van der Waals surface area contributed by atoms with Crippen LogP contribution in [0, 0.1) is 5.41 Å². The highest BCUT2D eigenvalue weighted by molar-refractivity contribution is 5.83. The van der Waals surface area contributed by atoms with Crippen molar-refractivity contribution >= 4 is 22.5 Å². The van der Waals surface area contributed by atoms with Gasteiger partial charge >= 0.3 is 0 Å². The highest BCUT2D eigenvalue weighted by Gasteiger charge is 2.08. The molecule has 0 spiro atoms. The van der Waals surface area contributed by atoms with Crippen LogP contribution in [-0.2, 0) is 25.7 Å². The Kier molecular flexibility index (Phi) is 26.7. The summed E-state index contributed by atoms with van der Waals surface area (Å²) < 4.78 is 0. The highest BCUT2D eigenvalue weighted by Crippen LogP contribution is 2.19. The van der Waals surface area contributed by atoms with E-state index in [1.807, 2.05) is 103 Å². The van der Waals surface area contributed by atoms with Gasteiger partial charge in [-0.15, -0.1) is 0 Å². The average Bonchev–Trinajstić information content (AvgIpc) is 3.77. The number of para-hydroxylation sites is 1. The largest absolute Gasteiger partial charge is 0.399 e. The molecular formula is C50H70N14. The third kappa shape index (κ3) is 22.0. The number of rotatable bonds is 12. The number of H-pyrrole nitrogens is 1. The summed E-state index contributed by atoms with van der Waals surface area (Å²) in [5, 5.41) is 11.5. The molecule has 340 valence electrons. The number of nitrogens with two attached hydrogens (primary N) is 5. The Labute approximate surface area is 380 Å². The number of hydrogen-bond donors (Lipinski definition) is 8. The minimum absolute atomic E-state index is 0.191. The van der Waals surface area contributed by atoms with E-state index in [9.17, 15) is 0 Å². The molecule has 6 heterocycles. The number of benzene rings is 2. The van der Waals surface area contributed by atoms with Crippen LogP contribution in [0.1, 0.15) is 54.9 Å². The van der Waals surface area contributed by atoms with E-state index < -0.39 is 0 Å². The third-order valence-electron chi connectivity index (χ3n) is 9.71. The lowest BCUT2D eigenvalue weighted by atomic mass is 10.1. The van der Waals surface area contributed by atoms with Crippen LogP contribution in [0.4, 0.5) is 5.69 Å². The molecule has 8 rings (SSSR count). The summed E-state index contributed by atoms with van der Waals surface area (Å²) in [7, 11) is 0. The van der Waals surface area contributed by atoms with Crippen molar-refractivity contribution in [2.45, 2.75) is 58.3 Å². The predicted octanol–water partition coefficient (Wildman–Crippen LogP) is 6.55. The van der Waals surface area contributed by atoms with Crippen molar-refractivity contribution in [3.63, 3.8) is 0 Å². The van der Waals surface area contributed by atoms with Gasteiger partial charge in [0.2, 0.25) is 0 Å². The fourth-order valence-corrected chi connectivity index (χ4v) is 6.25. The van der Waals surface area contributed by atoms with Crippen LogP contribution >= 0.6 is 0 Å². The number of fused-ring (bicyclic) bond motifs is 1. The SMILES string of the molecule is CCCc1cncnc1.N=C(N)N1CCNCC1.NCCCCc1ccncc1.NCCCc1ccncc1.NCCc1c[nH]c2ccccc12.Nc1ccc(-c2ccncc2)cc1. The number of aromatic nitrogens is 6. The number of hydrogen-bond acceptors (Lipinski definition) is 11. The summed E-state index contributed by atoms with van der Waals surface area (Å²) in [6.07, 6.45) is 26.9. The second-order valence-corrected chi connectivity index (χ2v) is 14.7. The number of piperazine rings is 1. The number of unbranched alkanes of at least 4 members (excludes halogenated alkanes) is 1. The van der Waals surface area contributed by atoms with Crippen molar-refractivity contribution < 1.29 is 0 Å². The van der Waals surface area contributed by atoms with Crippen LogP contribution < -0.4 is 34.0 Å². The summed E-state index contributed by atoms with van der Waals surface area (Å²) in [5.41, 5.74) is 36.6. The molecule has 2 aromatic carbocycles. The fourth-order valence-electron chi connectivity index (χ4n) is 6.25. The maximum Gasteiger partial charge on any atom is 0.188 e. The van der Waals surface area contributed by atoms with E-state index in [-0.39, 0.29) is 5.96 Å². The smallest absolute Gasteiger partial charge is 0.188 e. The fraction of sp³-hybridized carbons (Fsp3) is 0.320. The van der Waals surface area contributed by atoms with Gasteiger partial charge in [0.05, 0.1) is 0 Å². The minimum atomic E-state index is 0.191. The molecule has 0 atom stereocenters. The maximum absolute atomic E-state index is 7.06. The topological polar surface area (TPSA) is 249 Å². The maximum atomic E-state index is 7.06. The van der Waals surface area contributed by atoms with Crippen molar-refractivity contribution in [2.75, 3.05) is 51.5 Å². The number of aromatic amines is 1. The van der Waals surface area contributed by atoms with Gasteiger partial charge in [0, 0.05) is 98.5 Å². The summed E-state index contributed by atoms with van der Waals surface area (Å²) in [5.74, 6) is 0.191. The van der Waals surface area contributed by atoms with Gasteiger partial charge in [0.15, 0.2) is 5.96 Å². The first-order valence-electron chi connectivity index (χ1n) is 22.1. The molecule has 1 fully saturated rings. The Hall–Kier alpha value is -6.58. The van der Waals surface area contributed by atoms with Crippen LogP contribution in [-0.4, -0.2) is 86.6 Å². The Morgan fingerprint density at radius 3 is 1.69 bits per heavy atom. The van der Waals surface area contributed by atoms with Gasteiger partial charge in [-0.2, -0.15) is 0 Å². The van der Waals surface area contributed by atoms with Crippen molar-refractivity contribution in [3.8, 4) is 11.1 Å². The van der Waals surface area contributed by atoms with Crippen LogP contribution in [0.15, 0.2) is 147 Å². The van der Waals surface area contributed by atoms with Gasteiger partial charge in [-0.05, 0) is 153 Å². The van der Waals surface area contributed by atoms with Gasteiger partial charge < -0.3 is 43.9 Å². The van der Waals surface area contributed by atoms with Crippen LogP contribution in [0.25, 0.3) is 22.0 Å². The lowest BCUT2D eigenvalue weighted by Crippen LogP contribution is -2.48. The van der Waals surface area contributed by atoms with Gasteiger partial charge in [-0.1, -0.05) is 43.7 Å². The molecule has 5 aromatic heterocycles. The van der Waals surface area contributed by atoms with Crippen LogP contribution in [0.5, 0.6) is 0 Å². The van der Waals surface area contributed by atoms with Crippen molar-refractivity contribution in [3.05, 3.63) is 169 Å². The Morgan fingerprint density at radius 1 is 0.609 bits per heavy atom. The van der Waals surface area contributed by atoms with Gasteiger partial charge in [0.1, 0.15) is 6.33 Å². The molecule has 0 radical (unpaired) electrons. The second-order valence-electron chi connectivity index (χ2n) is 14.7. The first-order valence-corrected chi connectivity index (χ1v) is 22.1. The normalized spacial score (nSPS) is 11.3. The predicted molar refractivity (Wildman–Crippen MR) is 265 cm³/mol. The quantitative estimate of drug-likeness (QED) is 0.0282. The van der Waals surface area contributed by atoms with Crippen molar-refractivity contribution in [1.29, 1.82) is 5.41 Å². The van der Waals surface area contributed by atoms with E-state index in [0.717, 1.165) is 101 Å². The van der Waals surface area contributed by atoms with Gasteiger partial charge in [-0.25, -0.2) is 9.97 Å². The zero-order valence-electron chi connectivity index (χ0n) is 37.5. The zero-order valence-corrected chi connectivity index (χ0v) is 37.5. The molecule has 0 aliphatic carbocycles. The molecule has 14 nitrogen and oxygen atoms in total. The zero-order chi connectivity index (χ0) is 45.9. The second kappa shape index (κ2) is 33.0. The van der Waals surface area contributed by atoms with E-state index in [4.69, 9.17) is 34.1 Å². The minimum Gasteiger partial charge on any atom is -0.399 e. The van der Waals surface area contributed by atoms with E-state index >= 15 is 0 Å². The van der Waals surface area contributed by atoms with E-state index in [1.54, 1.807) is 18.7 Å². The lowest BCUT2D eigenvalue weighted by molar-refractivity contribution is 0.352. The molecular weight excluding hydrogens is 797 g/mol. The van der Waals surface area contributed by atoms with E-state index in [0.29, 0.717) is 6.54 Å². The molecule has 1 saturated heterocycles. The van der Waals surface area contributed by atoms with Crippen LogP contribution in [0.3, 0.4) is 0 Å². The average molecular weight is 867 g/mol. The molecule has 0 bridgehead atoms. The molecule has 1 aliphatic heterocycles. The molecule has 13 N–H and O–H groups in total. The summed E-state index contributed by atoms with van der Waals surface area (Å²) in [6, 6.07) is 28.2. The Bertz CT molecular complexity index is 2160. The number of nitrogens with one attached hydrogen (secondary N) is 3. The number of pyridine rings is 3. The number of nitrogens with zero attached hydrogens (tertiary/aromatic N) is 6. The van der Waals surface area contributed by atoms with E-state index in [1.165, 1.54) is 39.6 Å². The Morgan fingerprint density at radius 2 is 1.16 bits per heavy atom. The first kappa shape index (κ1) is 51.8. The molecule has 0 unspecified atom stereocenters. The van der Waals surface area contributed by atoms with Crippen molar-refractivity contribution in [2.24, 2.45) is 22.9 Å². The molecule has 7 aromatic rings. The molecule has 0 amide bonds. The monoisotopic (exact) mass is 867 g/mol. The third-order valence-corrected chi connectivity index (χ3v) is 9.71. The highest BCUT2D eigenvalue weighted by atomic mass is 15.3. The van der Waals surface area contributed by atoms with Gasteiger partial charge in [-0.3, -0.25) is 20.4 Å². The summed E-state index contributed by atoms with van der Waals surface area (Å²) >= 11 is 0. The summed E-state index contributed by atoms with van der Waals surface area (Å²) in [4.78, 5) is 24.7. The lowest BCUT2D eigenvalue weighted by Gasteiger charge is -2.27. The number of aryl methyl sites for hydroxylation is 3. The molecule has 1 aliphatic rings. The molecule has 14 heteroatoms. The standard InChI is InChI=1S/C11H10N2.C10H12N2.C9H14N2.C8H12N2.C7H10N2.C5H12N4/c12-11-3-1-9(2-4-11)10-5-7-13-8-6-10;11-6-5-8-7-12-10-4-2-1-3-9(8)10;10-6-2-1-3-9-4-7-11-8-5-9;9-5-1-2-8-3-6-10-7-4-8;1-2-3-7-4-8-6-9-5-7;6-5(7)9-3-1-8-2-4-9/h1-8H,12H2;1-4,7,12H,5-6,11H2;4-5,7-8H,1-3,6,10H2;3-4,6-7H,1-2,5,9H2;4-6H,2-3H2,1H3;8H,1-4H2,(H3,6,7). The van der Waals surface area contributed by atoms with Crippen LogP contribution in [0.2, 0.25) is 0 Å². The Balaban J connectivity index is 0.000000205. The van der Waals surface area contributed by atoms with Crippen molar-refractivity contribution in [1.82, 2.24) is 40.1 Å².